The Labute approximate surface area is 197 Å². The summed E-state index contributed by atoms with van der Waals surface area (Å²) in [6.07, 6.45) is 2.11. The number of benzene rings is 4. The van der Waals surface area contributed by atoms with Gasteiger partial charge in [0.2, 0.25) is 5.95 Å². The zero-order valence-corrected chi connectivity index (χ0v) is 18.5. The van der Waals surface area contributed by atoms with Crippen LogP contribution in [0, 0.1) is 0 Å². The second kappa shape index (κ2) is 7.46. The van der Waals surface area contributed by atoms with E-state index in [1.807, 2.05) is 0 Å². The topological polar surface area (TPSA) is 22.2 Å². The molecule has 7 aromatic rings. The molecule has 0 N–H and O–H groups in total. The van der Waals surface area contributed by atoms with E-state index in [0.29, 0.717) is 0 Å². The van der Waals surface area contributed by atoms with Gasteiger partial charge in [-0.15, -0.1) is 0 Å². The summed E-state index contributed by atoms with van der Waals surface area (Å²) in [5, 5.41) is 2.47. The minimum absolute atomic E-state index is 0.894. The van der Waals surface area contributed by atoms with Crippen LogP contribution in [0.5, 0.6) is 0 Å². The van der Waals surface area contributed by atoms with Gasteiger partial charge < -0.3 is 0 Å². The molecule has 0 aliphatic rings. The molecular formula is C31H21N3. The minimum Gasteiger partial charge on any atom is -0.285 e. The molecule has 0 atom stereocenters. The van der Waals surface area contributed by atoms with Crippen LogP contribution in [-0.4, -0.2) is 14.0 Å². The number of hydrogen-bond donors (Lipinski definition) is 0. The maximum absolute atomic E-state index is 5.31. The first-order valence-electron chi connectivity index (χ1n) is 11.5. The second-order valence-electron chi connectivity index (χ2n) is 8.50. The Morgan fingerprint density at radius 3 is 1.76 bits per heavy atom. The highest BCUT2D eigenvalue weighted by molar-refractivity contribution is 6.09. The lowest BCUT2D eigenvalue weighted by Gasteiger charge is -2.08. The van der Waals surface area contributed by atoms with Crippen molar-refractivity contribution in [2.75, 3.05) is 0 Å². The quantitative estimate of drug-likeness (QED) is 0.278. The van der Waals surface area contributed by atoms with E-state index in [-0.39, 0.29) is 0 Å². The van der Waals surface area contributed by atoms with Crippen LogP contribution in [0.1, 0.15) is 0 Å². The Balaban J connectivity index is 1.58. The molecule has 7 rings (SSSR count). The van der Waals surface area contributed by atoms with Crippen LogP contribution in [0.2, 0.25) is 0 Å². The Morgan fingerprint density at radius 2 is 1.03 bits per heavy atom. The van der Waals surface area contributed by atoms with Gasteiger partial charge in [-0.05, 0) is 35.4 Å². The summed E-state index contributed by atoms with van der Waals surface area (Å²) >= 11 is 0. The van der Waals surface area contributed by atoms with Crippen molar-refractivity contribution in [2.45, 2.75) is 0 Å². The molecule has 0 saturated carbocycles. The molecule has 160 valence electrons. The van der Waals surface area contributed by atoms with Crippen molar-refractivity contribution in [3.63, 3.8) is 0 Å². The van der Waals surface area contributed by atoms with Crippen LogP contribution >= 0.6 is 0 Å². The van der Waals surface area contributed by atoms with Crippen molar-refractivity contribution in [3.8, 4) is 28.3 Å². The van der Waals surface area contributed by atoms with E-state index in [0.717, 1.165) is 33.8 Å². The molecule has 0 aliphatic heterocycles. The molecule has 3 heteroatoms. The minimum atomic E-state index is 0.894. The van der Waals surface area contributed by atoms with Gasteiger partial charge >= 0.3 is 0 Å². The van der Waals surface area contributed by atoms with Crippen LogP contribution in [0.4, 0.5) is 0 Å². The van der Waals surface area contributed by atoms with Crippen LogP contribution in [-0.2, 0) is 0 Å². The van der Waals surface area contributed by atoms with Gasteiger partial charge in [-0.2, -0.15) is 0 Å². The normalized spacial score (nSPS) is 11.5. The number of nitrogens with zero attached hydrogens (tertiary/aromatic N) is 3. The highest BCUT2D eigenvalue weighted by Crippen LogP contribution is 2.37. The number of rotatable bonds is 3. The third kappa shape index (κ3) is 2.74. The van der Waals surface area contributed by atoms with Gasteiger partial charge in [0.05, 0.1) is 22.2 Å². The molecule has 0 spiro atoms. The predicted molar refractivity (Wildman–Crippen MR) is 140 cm³/mol. The van der Waals surface area contributed by atoms with Crippen molar-refractivity contribution >= 4 is 27.3 Å². The van der Waals surface area contributed by atoms with Gasteiger partial charge in [0.1, 0.15) is 0 Å². The summed E-state index contributed by atoms with van der Waals surface area (Å²) in [5.74, 6) is 0.894. The molecule has 4 aromatic carbocycles. The van der Waals surface area contributed by atoms with Crippen LogP contribution in [0.3, 0.4) is 0 Å². The van der Waals surface area contributed by atoms with Crippen molar-refractivity contribution in [1.82, 2.24) is 14.0 Å². The van der Waals surface area contributed by atoms with E-state index in [4.69, 9.17) is 4.98 Å². The fourth-order valence-electron chi connectivity index (χ4n) is 5.07. The van der Waals surface area contributed by atoms with Crippen LogP contribution in [0.25, 0.3) is 55.7 Å². The van der Waals surface area contributed by atoms with Gasteiger partial charge in [-0.1, -0.05) is 97.1 Å². The average Bonchev–Trinajstić information content (AvgIpc) is 3.45. The van der Waals surface area contributed by atoms with Crippen molar-refractivity contribution in [3.05, 3.63) is 128 Å². The van der Waals surface area contributed by atoms with Gasteiger partial charge in [-0.25, -0.2) is 4.98 Å². The molecule has 3 nitrogen and oxygen atoms in total. The van der Waals surface area contributed by atoms with Gasteiger partial charge in [0.25, 0.3) is 0 Å². The highest BCUT2D eigenvalue weighted by Gasteiger charge is 2.20. The van der Waals surface area contributed by atoms with E-state index >= 15 is 0 Å². The van der Waals surface area contributed by atoms with Crippen molar-refractivity contribution in [2.24, 2.45) is 0 Å². The molecule has 0 fully saturated rings. The molecule has 3 aromatic heterocycles. The standard InChI is InChI=1S/C31H21N3/c1-2-12-22(13-3-1)23-14-4-5-17-26(23)30-29-20-10-11-21-33(29)31(32-30)34-27-18-8-6-15-24(27)25-16-7-9-19-28(25)34/h1-21H. The number of aromatic nitrogens is 3. The smallest absolute Gasteiger partial charge is 0.220 e. The Bertz CT molecular complexity index is 1750. The Morgan fingerprint density at radius 1 is 0.471 bits per heavy atom. The predicted octanol–water partition coefficient (Wildman–Crippen LogP) is 7.77. The zero-order chi connectivity index (χ0) is 22.5. The lowest BCUT2D eigenvalue weighted by molar-refractivity contribution is 0.983. The SMILES string of the molecule is c1ccc(-c2ccccc2-c2nc(-n3c4ccccc4c4ccccc43)n3ccccc23)cc1. The summed E-state index contributed by atoms with van der Waals surface area (Å²) in [6.45, 7) is 0. The van der Waals surface area contributed by atoms with E-state index in [1.165, 1.54) is 21.9 Å². The number of para-hydroxylation sites is 2. The third-order valence-corrected chi connectivity index (χ3v) is 6.58. The molecule has 3 heterocycles. The molecule has 0 aliphatic carbocycles. The maximum atomic E-state index is 5.31. The molecule has 0 amide bonds. The van der Waals surface area contributed by atoms with E-state index in [2.05, 4.69) is 136 Å². The fraction of sp³-hybridized carbons (Fsp3) is 0. The maximum Gasteiger partial charge on any atom is 0.220 e. The molecule has 0 saturated heterocycles. The monoisotopic (exact) mass is 435 g/mol. The Hall–Kier alpha value is -4.63. The van der Waals surface area contributed by atoms with Gasteiger partial charge in [-0.3, -0.25) is 8.97 Å². The summed E-state index contributed by atoms with van der Waals surface area (Å²) in [5.41, 5.74) is 7.88. The van der Waals surface area contributed by atoms with Crippen molar-refractivity contribution in [1.29, 1.82) is 0 Å². The average molecular weight is 436 g/mol. The van der Waals surface area contributed by atoms with Crippen molar-refractivity contribution < 1.29 is 0 Å². The fourth-order valence-corrected chi connectivity index (χ4v) is 5.07. The second-order valence-corrected chi connectivity index (χ2v) is 8.50. The molecule has 0 unspecified atom stereocenters. The van der Waals surface area contributed by atoms with Crippen LogP contribution in [0.15, 0.2) is 128 Å². The molecule has 0 bridgehead atoms. The molecule has 34 heavy (non-hydrogen) atoms. The number of imidazole rings is 1. The lowest BCUT2D eigenvalue weighted by atomic mass is 9.97. The highest BCUT2D eigenvalue weighted by atomic mass is 15.2. The number of hydrogen-bond acceptors (Lipinski definition) is 1. The summed E-state index contributed by atoms with van der Waals surface area (Å²) < 4.78 is 4.49. The van der Waals surface area contributed by atoms with Crippen LogP contribution < -0.4 is 0 Å². The van der Waals surface area contributed by atoms with E-state index in [9.17, 15) is 0 Å². The lowest BCUT2D eigenvalue weighted by Crippen LogP contribution is -2.00. The Kier molecular flexibility index (Phi) is 4.15. The third-order valence-electron chi connectivity index (χ3n) is 6.58. The molecule has 0 radical (unpaired) electrons. The van der Waals surface area contributed by atoms with E-state index < -0.39 is 0 Å². The van der Waals surface area contributed by atoms with E-state index in [1.54, 1.807) is 0 Å². The zero-order valence-electron chi connectivity index (χ0n) is 18.5. The summed E-state index contributed by atoms with van der Waals surface area (Å²) in [7, 11) is 0. The first kappa shape index (κ1) is 18.9. The summed E-state index contributed by atoms with van der Waals surface area (Å²) in [6, 6.07) is 42.5. The molecular weight excluding hydrogens is 414 g/mol. The number of pyridine rings is 1. The summed E-state index contributed by atoms with van der Waals surface area (Å²) in [4.78, 5) is 5.31. The largest absolute Gasteiger partial charge is 0.285 e. The van der Waals surface area contributed by atoms with Gasteiger partial charge in [0, 0.05) is 22.5 Å². The van der Waals surface area contributed by atoms with Gasteiger partial charge in [0.15, 0.2) is 0 Å². The first-order chi connectivity index (χ1) is 16.9. The number of fused-ring (bicyclic) bond motifs is 4. The first-order valence-corrected chi connectivity index (χ1v) is 11.5.